The third kappa shape index (κ3) is 3.82. The van der Waals surface area contributed by atoms with Crippen LogP contribution in [0.3, 0.4) is 0 Å². The Morgan fingerprint density at radius 3 is 2.63 bits per heavy atom. The second-order valence-electron chi connectivity index (χ2n) is 4.68. The maximum atomic E-state index is 11.6. The minimum atomic E-state index is -0.120. The summed E-state index contributed by atoms with van der Waals surface area (Å²) in [6, 6.07) is 7.92. The highest BCUT2D eigenvalue weighted by Gasteiger charge is 2.20. The number of piperazine rings is 1. The summed E-state index contributed by atoms with van der Waals surface area (Å²) in [5.74, 6) is 5.66. The van der Waals surface area contributed by atoms with Crippen molar-refractivity contribution in [1.82, 2.24) is 9.80 Å². The number of aliphatic hydroxyl groups excluding tert-OH is 1. The van der Waals surface area contributed by atoms with Crippen molar-refractivity contribution in [1.29, 1.82) is 0 Å². The molecule has 1 N–H and O–H groups in total. The second-order valence-corrected chi connectivity index (χ2v) is 4.68. The number of likely N-dealkylation sites (N-methyl/N-ethyl adjacent to an activating group) is 1. The molecule has 1 aromatic carbocycles. The molecule has 4 nitrogen and oxygen atoms in total. The van der Waals surface area contributed by atoms with Gasteiger partial charge in [-0.25, -0.2) is 0 Å². The van der Waals surface area contributed by atoms with E-state index in [2.05, 4.69) is 16.7 Å². The first-order valence-corrected chi connectivity index (χ1v) is 6.34. The molecule has 0 aromatic heterocycles. The van der Waals surface area contributed by atoms with Gasteiger partial charge in [-0.2, -0.15) is 0 Å². The molecule has 0 atom stereocenters. The molecule has 1 aliphatic heterocycles. The summed E-state index contributed by atoms with van der Waals surface area (Å²) in [5, 5.41) is 8.63. The van der Waals surface area contributed by atoms with Gasteiger partial charge in [-0.1, -0.05) is 24.0 Å². The fourth-order valence-electron chi connectivity index (χ4n) is 2.04. The van der Waals surface area contributed by atoms with Gasteiger partial charge in [0.2, 0.25) is 5.91 Å². The summed E-state index contributed by atoms with van der Waals surface area (Å²) >= 11 is 0. The number of benzene rings is 1. The van der Waals surface area contributed by atoms with Crippen LogP contribution in [0.1, 0.15) is 11.1 Å². The summed E-state index contributed by atoms with van der Waals surface area (Å²) in [6.07, 6.45) is 0. The average Bonchev–Trinajstić information content (AvgIpc) is 2.42. The lowest BCUT2D eigenvalue weighted by Gasteiger charge is -2.31. The van der Waals surface area contributed by atoms with E-state index < -0.39 is 0 Å². The molecule has 0 bridgehead atoms. The number of carbonyl (C=O) groups excluding carboxylic acids is 1. The van der Waals surface area contributed by atoms with Crippen LogP contribution in [-0.4, -0.2) is 54.1 Å². The minimum absolute atomic E-state index is 0.120. The Balaban J connectivity index is 1.94. The van der Waals surface area contributed by atoms with Crippen LogP contribution in [-0.2, 0) is 11.3 Å². The number of hydrogen-bond acceptors (Lipinski definition) is 3. The van der Waals surface area contributed by atoms with Crippen LogP contribution in [0.2, 0.25) is 0 Å². The van der Waals surface area contributed by atoms with E-state index in [-0.39, 0.29) is 12.5 Å². The van der Waals surface area contributed by atoms with E-state index in [1.54, 1.807) is 4.90 Å². The lowest BCUT2D eigenvalue weighted by atomic mass is 10.1. The highest BCUT2D eigenvalue weighted by molar-refractivity contribution is 5.78. The van der Waals surface area contributed by atoms with E-state index in [1.165, 1.54) is 5.56 Å². The summed E-state index contributed by atoms with van der Waals surface area (Å²) in [4.78, 5) is 15.5. The van der Waals surface area contributed by atoms with E-state index in [9.17, 15) is 4.79 Å². The van der Waals surface area contributed by atoms with Gasteiger partial charge in [0.1, 0.15) is 6.61 Å². The topological polar surface area (TPSA) is 43.8 Å². The Morgan fingerprint density at radius 1 is 1.26 bits per heavy atom. The molecule has 2 rings (SSSR count). The molecule has 1 aromatic rings. The predicted molar refractivity (Wildman–Crippen MR) is 73.3 cm³/mol. The quantitative estimate of drug-likeness (QED) is 0.776. The van der Waals surface area contributed by atoms with Gasteiger partial charge in [0.05, 0.1) is 6.54 Å². The monoisotopic (exact) mass is 258 g/mol. The molecule has 0 radical (unpaired) electrons. The molecule has 0 aliphatic carbocycles. The molecular weight excluding hydrogens is 240 g/mol. The van der Waals surface area contributed by atoms with Crippen LogP contribution in [0.25, 0.3) is 0 Å². The third-order valence-corrected chi connectivity index (χ3v) is 3.21. The maximum Gasteiger partial charge on any atom is 0.236 e. The Bertz CT molecular complexity index is 499. The zero-order valence-electron chi connectivity index (χ0n) is 11.1. The molecule has 1 heterocycles. The zero-order chi connectivity index (χ0) is 13.7. The summed E-state index contributed by atoms with van der Waals surface area (Å²) in [6.45, 7) is 2.86. The SMILES string of the molecule is CN1CCN(Cc2ccc(C#CCO)cc2)CC1=O. The van der Waals surface area contributed by atoms with Crippen molar-refractivity contribution in [3.8, 4) is 11.8 Å². The van der Waals surface area contributed by atoms with Gasteiger partial charge in [0.25, 0.3) is 0 Å². The largest absolute Gasteiger partial charge is 0.384 e. The number of carbonyl (C=O) groups is 1. The highest BCUT2D eigenvalue weighted by atomic mass is 16.2. The molecule has 1 saturated heterocycles. The van der Waals surface area contributed by atoms with Crippen LogP contribution in [0.15, 0.2) is 24.3 Å². The van der Waals surface area contributed by atoms with Crippen molar-refractivity contribution in [2.45, 2.75) is 6.54 Å². The molecule has 0 unspecified atom stereocenters. The summed E-state index contributed by atoms with van der Waals surface area (Å²) in [7, 11) is 1.84. The molecule has 0 spiro atoms. The molecule has 100 valence electrons. The standard InChI is InChI=1S/C15H18N2O2/c1-16-8-9-17(12-15(16)19)11-14-6-4-13(5-7-14)3-2-10-18/h4-7,18H,8-12H2,1H3. The van der Waals surface area contributed by atoms with Crippen molar-refractivity contribution in [3.63, 3.8) is 0 Å². The van der Waals surface area contributed by atoms with Crippen molar-refractivity contribution in [3.05, 3.63) is 35.4 Å². The van der Waals surface area contributed by atoms with Gasteiger partial charge in [0.15, 0.2) is 0 Å². The van der Waals surface area contributed by atoms with E-state index in [4.69, 9.17) is 5.11 Å². The normalized spacial score (nSPS) is 16.1. The van der Waals surface area contributed by atoms with E-state index in [0.717, 1.165) is 25.2 Å². The fraction of sp³-hybridized carbons (Fsp3) is 0.400. The van der Waals surface area contributed by atoms with Gasteiger partial charge < -0.3 is 10.0 Å². The Hall–Kier alpha value is -1.83. The van der Waals surface area contributed by atoms with Crippen molar-refractivity contribution in [2.75, 3.05) is 33.3 Å². The number of amides is 1. The van der Waals surface area contributed by atoms with Crippen LogP contribution in [0.4, 0.5) is 0 Å². The smallest absolute Gasteiger partial charge is 0.236 e. The van der Waals surface area contributed by atoms with E-state index >= 15 is 0 Å². The molecule has 1 fully saturated rings. The average molecular weight is 258 g/mol. The van der Waals surface area contributed by atoms with Crippen LogP contribution < -0.4 is 0 Å². The van der Waals surface area contributed by atoms with Gasteiger partial charge >= 0.3 is 0 Å². The van der Waals surface area contributed by atoms with Gasteiger partial charge in [0, 0.05) is 32.2 Å². The Kier molecular flexibility index (Phi) is 4.56. The van der Waals surface area contributed by atoms with Gasteiger partial charge in [-0.15, -0.1) is 0 Å². The van der Waals surface area contributed by atoms with Crippen molar-refractivity contribution in [2.24, 2.45) is 0 Å². The van der Waals surface area contributed by atoms with Crippen LogP contribution >= 0.6 is 0 Å². The first kappa shape index (κ1) is 13.6. The summed E-state index contributed by atoms with van der Waals surface area (Å²) < 4.78 is 0. The molecule has 1 amide bonds. The van der Waals surface area contributed by atoms with Crippen molar-refractivity contribution < 1.29 is 9.90 Å². The lowest BCUT2D eigenvalue weighted by Crippen LogP contribution is -2.47. The predicted octanol–water partition coefficient (Wildman–Crippen LogP) is 0.304. The van der Waals surface area contributed by atoms with Gasteiger partial charge in [-0.3, -0.25) is 9.69 Å². The van der Waals surface area contributed by atoms with Gasteiger partial charge in [-0.05, 0) is 17.7 Å². The molecule has 1 aliphatic rings. The highest BCUT2D eigenvalue weighted by Crippen LogP contribution is 2.09. The second kappa shape index (κ2) is 6.37. The number of hydrogen-bond donors (Lipinski definition) is 1. The number of nitrogens with zero attached hydrogens (tertiary/aromatic N) is 2. The first-order chi connectivity index (χ1) is 9.19. The lowest BCUT2D eigenvalue weighted by molar-refractivity contribution is -0.134. The van der Waals surface area contributed by atoms with E-state index in [0.29, 0.717) is 6.54 Å². The van der Waals surface area contributed by atoms with E-state index in [1.807, 2.05) is 31.3 Å². The van der Waals surface area contributed by atoms with Crippen molar-refractivity contribution >= 4 is 5.91 Å². The Labute approximate surface area is 113 Å². The summed E-state index contributed by atoms with van der Waals surface area (Å²) in [5.41, 5.74) is 2.07. The molecule has 19 heavy (non-hydrogen) atoms. The van der Waals surface area contributed by atoms with Crippen LogP contribution in [0, 0.1) is 11.8 Å². The minimum Gasteiger partial charge on any atom is -0.384 e. The maximum absolute atomic E-state index is 11.6. The molecule has 4 heteroatoms. The Morgan fingerprint density at radius 2 is 2.00 bits per heavy atom. The molecular formula is C15H18N2O2. The van der Waals surface area contributed by atoms with Crippen LogP contribution in [0.5, 0.6) is 0 Å². The first-order valence-electron chi connectivity index (χ1n) is 6.34. The number of aliphatic hydroxyl groups is 1. The fourth-order valence-corrected chi connectivity index (χ4v) is 2.04. The number of rotatable bonds is 2. The molecule has 0 saturated carbocycles. The third-order valence-electron chi connectivity index (χ3n) is 3.21. The zero-order valence-corrected chi connectivity index (χ0v) is 11.1.